The molecule has 0 radical (unpaired) electrons. The van der Waals surface area contributed by atoms with Gasteiger partial charge in [-0.1, -0.05) is 6.07 Å². The van der Waals surface area contributed by atoms with E-state index in [-0.39, 0.29) is 12.1 Å². The summed E-state index contributed by atoms with van der Waals surface area (Å²) in [4.78, 5) is 7.99. The second-order valence-corrected chi connectivity index (χ2v) is 4.05. The van der Waals surface area contributed by atoms with Gasteiger partial charge in [0.15, 0.2) is 0 Å². The minimum Gasteiger partial charge on any atom is -0.386 e. The Bertz CT molecular complexity index is 557. The summed E-state index contributed by atoms with van der Waals surface area (Å²) in [6.45, 7) is 1.71. The highest BCUT2D eigenvalue weighted by Crippen LogP contribution is 2.20. The molecule has 0 aliphatic heterocycles. The van der Waals surface area contributed by atoms with Gasteiger partial charge in [0.2, 0.25) is 5.95 Å². The first kappa shape index (κ1) is 13.4. The van der Waals surface area contributed by atoms with Gasteiger partial charge in [-0.2, -0.15) is 0 Å². The molecule has 0 amide bonds. The largest absolute Gasteiger partial charge is 0.386 e. The fourth-order valence-electron chi connectivity index (χ4n) is 1.65. The van der Waals surface area contributed by atoms with Crippen molar-refractivity contribution in [1.29, 1.82) is 0 Å². The van der Waals surface area contributed by atoms with E-state index in [1.165, 1.54) is 6.07 Å². The van der Waals surface area contributed by atoms with E-state index in [0.29, 0.717) is 5.95 Å². The Hall–Kier alpha value is -2.08. The molecule has 6 heteroatoms. The second-order valence-electron chi connectivity index (χ2n) is 4.05. The van der Waals surface area contributed by atoms with Crippen molar-refractivity contribution in [2.45, 2.75) is 13.0 Å². The van der Waals surface area contributed by atoms with Crippen molar-refractivity contribution in [3.05, 3.63) is 53.4 Å². The minimum absolute atomic E-state index is 0.0820. The van der Waals surface area contributed by atoms with Crippen molar-refractivity contribution in [1.82, 2.24) is 9.97 Å². The SMILES string of the molecule is Cc1ccnc(NCC(O)c2c(F)cccc2F)n1. The van der Waals surface area contributed by atoms with E-state index in [4.69, 9.17) is 0 Å². The first-order valence-electron chi connectivity index (χ1n) is 5.73. The average molecular weight is 265 g/mol. The van der Waals surface area contributed by atoms with E-state index >= 15 is 0 Å². The highest BCUT2D eigenvalue weighted by Gasteiger charge is 2.17. The predicted octanol–water partition coefficient (Wildman–Crippen LogP) is 2.21. The van der Waals surface area contributed by atoms with Crippen molar-refractivity contribution in [2.24, 2.45) is 0 Å². The normalized spacial score (nSPS) is 12.2. The van der Waals surface area contributed by atoms with Crippen LogP contribution in [-0.4, -0.2) is 21.6 Å². The highest BCUT2D eigenvalue weighted by molar-refractivity contribution is 5.28. The second kappa shape index (κ2) is 5.71. The Morgan fingerprint density at radius 1 is 1.26 bits per heavy atom. The molecule has 0 fully saturated rings. The molecule has 0 saturated heterocycles. The topological polar surface area (TPSA) is 58.0 Å². The molecule has 0 saturated carbocycles. The fraction of sp³-hybridized carbons (Fsp3) is 0.231. The number of aromatic nitrogens is 2. The Labute approximate surface area is 109 Å². The number of aryl methyl sites for hydroxylation is 1. The third-order valence-electron chi connectivity index (χ3n) is 2.58. The van der Waals surface area contributed by atoms with Crippen LogP contribution in [0, 0.1) is 18.6 Å². The van der Waals surface area contributed by atoms with Crippen LogP contribution in [0.3, 0.4) is 0 Å². The zero-order chi connectivity index (χ0) is 13.8. The first-order chi connectivity index (χ1) is 9.08. The number of rotatable bonds is 4. The van der Waals surface area contributed by atoms with E-state index in [2.05, 4.69) is 15.3 Å². The van der Waals surface area contributed by atoms with Crippen LogP contribution < -0.4 is 5.32 Å². The van der Waals surface area contributed by atoms with Crippen molar-refractivity contribution in [3.8, 4) is 0 Å². The summed E-state index contributed by atoms with van der Waals surface area (Å²) in [5.74, 6) is -1.25. The molecule has 1 aromatic heterocycles. The quantitative estimate of drug-likeness (QED) is 0.889. The van der Waals surface area contributed by atoms with Gasteiger partial charge < -0.3 is 10.4 Å². The smallest absolute Gasteiger partial charge is 0.222 e. The molecule has 2 N–H and O–H groups in total. The van der Waals surface area contributed by atoms with Crippen molar-refractivity contribution >= 4 is 5.95 Å². The van der Waals surface area contributed by atoms with Crippen LogP contribution in [0.15, 0.2) is 30.5 Å². The summed E-state index contributed by atoms with van der Waals surface area (Å²) >= 11 is 0. The Kier molecular flexibility index (Phi) is 4.01. The summed E-state index contributed by atoms with van der Waals surface area (Å²) in [5, 5.41) is 12.5. The van der Waals surface area contributed by atoms with Gasteiger partial charge in [-0.05, 0) is 25.1 Å². The third kappa shape index (κ3) is 3.23. The third-order valence-corrected chi connectivity index (χ3v) is 2.58. The summed E-state index contributed by atoms with van der Waals surface area (Å²) in [5.41, 5.74) is 0.395. The lowest BCUT2D eigenvalue weighted by Crippen LogP contribution is -2.16. The number of nitrogens with one attached hydrogen (secondary N) is 1. The summed E-state index contributed by atoms with van der Waals surface area (Å²) in [6.07, 6.45) is 0.242. The molecule has 1 aromatic carbocycles. The molecular weight excluding hydrogens is 252 g/mol. The zero-order valence-electron chi connectivity index (χ0n) is 10.3. The number of aliphatic hydroxyl groups excluding tert-OH is 1. The van der Waals surface area contributed by atoms with E-state index in [1.807, 2.05) is 0 Å². The average Bonchev–Trinajstić information content (AvgIpc) is 2.36. The number of halogens is 2. The number of aliphatic hydroxyl groups is 1. The Morgan fingerprint density at radius 2 is 1.95 bits per heavy atom. The van der Waals surface area contributed by atoms with Gasteiger partial charge in [-0.25, -0.2) is 18.7 Å². The lowest BCUT2D eigenvalue weighted by molar-refractivity contribution is 0.181. The summed E-state index contributed by atoms with van der Waals surface area (Å²) in [7, 11) is 0. The van der Waals surface area contributed by atoms with E-state index in [0.717, 1.165) is 17.8 Å². The Balaban J connectivity index is 2.07. The molecule has 0 aliphatic rings. The van der Waals surface area contributed by atoms with Gasteiger partial charge in [-0.3, -0.25) is 0 Å². The number of hydrogen-bond acceptors (Lipinski definition) is 4. The van der Waals surface area contributed by atoms with Gasteiger partial charge in [0.25, 0.3) is 0 Å². The van der Waals surface area contributed by atoms with Crippen molar-refractivity contribution in [3.63, 3.8) is 0 Å². The lowest BCUT2D eigenvalue weighted by atomic mass is 10.1. The molecule has 1 heterocycles. The lowest BCUT2D eigenvalue weighted by Gasteiger charge is -2.13. The molecule has 0 spiro atoms. The molecular formula is C13H13F2N3O. The maximum atomic E-state index is 13.4. The summed E-state index contributed by atoms with van der Waals surface area (Å²) in [6, 6.07) is 5.17. The monoisotopic (exact) mass is 265 g/mol. The molecule has 100 valence electrons. The fourth-order valence-corrected chi connectivity index (χ4v) is 1.65. The maximum Gasteiger partial charge on any atom is 0.222 e. The van der Waals surface area contributed by atoms with Crippen LogP contribution in [0.1, 0.15) is 17.4 Å². The van der Waals surface area contributed by atoms with Crippen LogP contribution in [0.4, 0.5) is 14.7 Å². The van der Waals surface area contributed by atoms with Crippen molar-refractivity contribution in [2.75, 3.05) is 11.9 Å². The van der Waals surface area contributed by atoms with E-state index in [9.17, 15) is 13.9 Å². The Morgan fingerprint density at radius 3 is 2.58 bits per heavy atom. The van der Waals surface area contributed by atoms with Gasteiger partial charge in [0.05, 0.1) is 5.56 Å². The van der Waals surface area contributed by atoms with Crippen LogP contribution in [-0.2, 0) is 0 Å². The number of nitrogens with zero attached hydrogens (tertiary/aromatic N) is 2. The molecule has 0 bridgehead atoms. The maximum absolute atomic E-state index is 13.4. The molecule has 2 aromatic rings. The predicted molar refractivity (Wildman–Crippen MR) is 66.6 cm³/mol. The first-order valence-corrected chi connectivity index (χ1v) is 5.73. The van der Waals surface area contributed by atoms with Crippen LogP contribution in [0.2, 0.25) is 0 Å². The minimum atomic E-state index is -1.31. The highest BCUT2D eigenvalue weighted by atomic mass is 19.1. The van der Waals surface area contributed by atoms with E-state index < -0.39 is 17.7 Å². The van der Waals surface area contributed by atoms with Crippen LogP contribution in [0.5, 0.6) is 0 Å². The van der Waals surface area contributed by atoms with Gasteiger partial charge in [0, 0.05) is 18.4 Å². The van der Waals surface area contributed by atoms with Crippen LogP contribution >= 0.6 is 0 Å². The molecule has 1 unspecified atom stereocenters. The van der Waals surface area contributed by atoms with Crippen molar-refractivity contribution < 1.29 is 13.9 Å². The number of benzene rings is 1. The molecule has 19 heavy (non-hydrogen) atoms. The standard InChI is InChI=1S/C13H13F2N3O/c1-8-5-6-16-13(18-8)17-7-11(19)12-9(14)3-2-4-10(12)15/h2-6,11,19H,7H2,1H3,(H,16,17,18). The molecule has 0 aliphatic carbocycles. The zero-order valence-corrected chi connectivity index (χ0v) is 10.3. The van der Waals surface area contributed by atoms with Crippen LogP contribution in [0.25, 0.3) is 0 Å². The van der Waals surface area contributed by atoms with Gasteiger partial charge in [0.1, 0.15) is 17.7 Å². The number of hydrogen-bond donors (Lipinski definition) is 2. The van der Waals surface area contributed by atoms with Gasteiger partial charge in [-0.15, -0.1) is 0 Å². The molecule has 4 nitrogen and oxygen atoms in total. The summed E-state index contributed by atoms with van der Waals surface area (Å²) < 4.78 is 26.9. The van der Waals surface area contributed by atoms with E-state index in [1.54, 1.807) is 19.2 Å². The molecule has 1 atom stereocenters. The number of anilines is 1. The van der Waals surface area contributed by atoms with Gasteiger partial charge >= 0.3 is 0 Å². The molecule has 2 rings (SSSR count).